The Kier molecular flexibility index (Phi) is 3.57. The Balaban J connectivity index is 1.65. The first kappa shape index (κ1) is 13.9. The van der Waals surface area contributed by atoms with Crippen molar-refractivity contribution in [3.63, 3.8) is 0 Å². The van der Waals surface area contributed by atoms with E-state index in [2.05, 4.69) is 10.4 Å². The summed E-state index contributed by atoms with van der Waals surface area (Å²) in [6.45, 7) is 3.73. The Hall–Kier alpha value is -2.05. The van der Waals surface area contributed by atoms with E-state index in [0.29, 0.717) is 24.8 Å². The van der Waals surface area contributed by atoms with E-state index >= 15 is 0 Å². The summed E-state index contributed by atoms with van der Waals surface area (Å²) in [4.78, 5) is 27.6. The Bertz CT molecular complexity index is 551. The SMILES string of the molecule is C[C@@H]1C(=O)N(C)CCN1C(=O)Nc1ccnn1CC1CC1. The molecule has 0 radical (unpaired) electrons. The third kappa shape index (κ3) is 2.86. The highest BCUT2D eigenvalue weighted by Gasteiger charge is 2.33. The number of carbonyl (C=O) groups is 2. The summed E-state index contributed by atoms with van der Waals surface area (Å²) in [5, 5.41) is 7.12. The highest BCUT2D eigenvalue weighted by atomic mass is 16.2. The van der Waals surface area contributed by atoms with Crippen molar-refractivity contribution in [3.05, 3.63) is 12.3 Å². The lowest BCUT2D eigenvalue weighted by atomic mass is 10.2. The average Bonchev–Trinajstić information content (AvgIpc) is 3.17. The number of anilines is 1. The predicted octanol–water partition coefficient (Wildman–Crippen LogP) is 0.987. The normalized spacial score (nSPS) is 22.6. The lowest BCUT2D eigenvalue weighted by molar-refractivity contribution is -0.137. The number of aromatic nitrogens is 2. The fraction of sp³-hybridized carbons (Fsp3) is 0.643. The van der Waals surface area contributed by atoms with Crippen molar-refractivity contribution in [2.75, 3.05) is 25.5 Å². The van der Waals surface area contributed by atoms with E-state index in [0.717, 1.165) is 6.54 Å². The van der Waals surface area contributed by atoms with Crippen LogP contribution in [0.2, 0.25) is 0 Å². The van der Waals surface area contributed by atoms with Crippen LogP contribution in [0.25, 0.3) is 0 Å². The molecule has 0 unspecified atom stereocenters. The zero-order valence-corrected chi connectivity index (χ0v) is 12.5. The molecule has 114 valence electrons. The molecular formula is C14H21N5O2. The van der Waals surface area contributed by atoms with E-state index < -0.39 is 6.04 Å². The highest BCUT2D eigenvalue weighted by molar-refractivity contribution is 5.93. The van der Waals surface area contributed by atoms with E-state index in [1.54, 1.807) is 36.0 Å². The average molecular weight is 291 g/mol. The maximum absolute atomic E-state index is 12.4. The second-order valence-corrected chi connectivity index (χ2v) is 5.90. The first-order valence-electron chi connectivity index (χ1n) is 7.40. The van der Waals surface area contributed by atoms with Crippen LogP contribution in [0.4, 0.5) is 10.6 Å². The van der Waals surface area contributed by atoms with Gasteiger partial charge in [-0.2, -0.15) is 5.10 Å². The molecule has 1 aliphatic carbocycles. The van der Waals surface area contributed by atoms with Gasteiger partial charge in [0, 0.05) is 32.7 Å². The molecule has 2 aliphatic rings. The van der Waals surface area contributed by atoms with Crippen LogP contribution < -0.4 is 5.32 Å². The van der Waals surface area contributed by atoms with Gasteiger partial charge in [-0.25, -0.2) is 9.48 Å². The molecule has 0 aromatic carbocycles. The van der Waals surface area contributed by atoms with Crippen LogP contribution in [-0.4, -0.2) is 57.7 Å². The van der Waals surface area contributed by atoms with Crippen molar-refractivity contribution in [1.82, 2.24) is 19.6 Å². The van der Waals surface area contributed by atoms with Crippen LogP contribution in [0.3, 0.4) is 0 Å². The van der Waals surface area contributed by atoms with Gasteiger partial charge in [0.1, 0.15) is 11.9 Å². The molecule has 0 bridgehead atoms. The van der Waals surface area contributed by atoms with Crippen molar-refractivity contribution >= 4 is 17.8 Å². The van der Waals surface area contributed by atoms with Crippen LogP contribution in [0, 0.1) is 5.92 Å². The van der Waals surface area contributed by atoms with E-state index in [4.69, 9.17) is 0 Å². The van der Waals surface area contributed by atoms with Gasteiger partial charge in [0.25, 0.3) is 0 Å². The van der Waals surface area contributed by atoms with Gasteiger partial charge in [-0.05, 0) is 25.7 Å². The summed E-state index contributed by atoms with van der Waals surface area (Å²) in [5.41, 5.74) is 0. The van der Waals surface area contributed by atoms with Gasteiger partial charge in [-0.3, -0.25) is 10.1 Å². The van der Waals surface area contributed by atoms with Crippen LogP contribution in [0.15, 0.2) is 12.3 Å². The molecule has 3 rings (SSSR count). The predicted molar refractivity (Wildman–Crippen MR) is 77.8 cm³/mol. The number of nitrogens with zero attached hydrogens (tertiary/aromatic N) is 4. The van der Waals surface area contributed by atoms with Crippen molar-refractivity contribution in [2.24, 2.45) is 5.92 Å². The molecule has 1 aliphatic heterocycles. The molecular weight excluding hydrogens is 270 g/mol. The lowest BCUT2D eigenvalue weighted by Gasteiger charge is -2.37. The number of nitrogens with one attached hydrogen (secondary N) is 1. The number of likely N-dealkylation sites (N-methyl/N-ethyl adjacent to an activating group) is 1. The first-order chi connectivity index (χ1) is 10.1. The minimum Gasteiger partial charge on any atom is -0.342 e. The smallest absolute Gasteiger partial charge is 0.323 e. The Morgan fingerprint density at radius 3 is 2.90 bits per heavy atom. The minimum absolute atomic E-state index is 0.0251. The topological polar surface area (TPSA) is 70.5 Å². The lowest BCUT2D eigenvalue weighted by Crippen LogP contribution is -2.57. The van der Waals surface area contributed by atoms with Crippen molar-refractivity contribution in [1.29, 1.82) is 0 Å². The van der Waals surface area contributed by atoms with Gasteiger partial charge in [-0.15, -0.1) is 0 Å². The molecule has 7 nitrogen and oxygen atoms in total. The molecule has 21 heavy (non-hydrogen) atoms. The summed E-state index contributed by atoms with van der Waals surface area (Å²) in [7, 11) is 1.76. The van der Waals surface area contributed by atoms with Gasteiger partial charge >= 0.3 is 6.03 Å². The van der Waals surface area contributed by atoms with Gasteiger partial charge in [0.2, 0.25) is 5.91 Å². The van der Waals surface area contributed by atoms with E-state index in [1.165, 1.54) is 12.8 Å². The maximum atomic E-state index is 12.4. The molecule has 7 heteroatoms. The maximum Gasteiger partial charge on any atom is 0.323 e. The van der Waals surface area contributed by atoms with Crippen molar-refractivity contribution < 1.29 is 9.59 Å². The molecule has 2 heterocycles. The first-order valence-corrected chi connectivity index (χ1v) is 7.40. The zero-order valence-electron chi connectivity index (χ0n) is 12.5. The molecule has 2 fully saturated rings. The summed E-state index contributed by atoms with van der Waals surface area (Å²) in [6.07, 6.45) is 4.16. The molecule has 1 aromatic rings. The fourth-order valence-corrected chi connectivity index (χ4v) is 2.60. The minimum atomic E-state index is -0.427. The standard InChI is InChI=1S/C14H21N5O2/c1-10-13(20)17(2)7-8-18(10)14(21)16-12-5-6-15-19(12)9-11-3-4-11/h5-6,10-11H,3-4,7-9H2,1-2H3,(H,16,21)/t10-/m1/s1. The third-order valence-electron chi connectivity index (χ3n) is 4.22. The number of carbonyl (C=O) groups excluding carboxylic acids is 2. The van der Waals surface area contributed by atoms with Crippen LogP contribution >= 0.6 is 0 Å². The Morgan fingerprint density at radius 1 is 1.43 bits per heavy atom. The summed E-state index contributed by atoms with van der Waals surface area (Å²) >= 11 is 0. The molecule has 1 aromatic heterocycles. The number of rotatable bonds is 3. The molecule has 1 atom stereocenters. The fourth-order valence-electron chi connectivity index (χ4n) is 2.60. The summed E-state index contributed by atoms with van der Waals surface area (Å²) in [5.74, 6) is 1.36. The highest BCUT2D eigenvalue weighted by Crippen LogP contribution is 2.31. The Labute approximate surface area is 123 Å². The van der Waals surface area contributed by atoms with Crippen LogP contribution in [-0.2, 0) is 11.3 Å². The van der Waals surface area contributed by atoms with Crippen molar-refractivity contribution in [3.8, 4) is 0 Å². The van der Waals surface area contributed by atoms with Crippen molar-refractivity contribution in [2.45, 2.75) is 32.4 Å². The largest absolute Gasteiger partial charge is 0.342 e. The molecule has 1 saturated carbocycles. The number of amides is 3. The van der Waals surface area contributed by atoms with Gasteiger partial charge in [-0.1, -0.05) is 0 Å². The second-order valence-electron chi connectivity index (χ2n) is 5.90. The summed E-state index contributed by atoms with van der Waals surface area (Å²) < 4.78 is 1.83. The quantitative estimate of drug-likeness (QED) is 0.902. The molecule has 1 saturated heterocycles. The second kappa shape index (κ2) is 5.38. The zero-order chi connectivity index (χ0) is 15.0. The molecule has 1 N–H and O–H groups in total. The van der Waals surface area contributed by atoms with Crippen LogP contribution in [0.5, 0.6) is 0 Å². The van der Waals surface area contributed by atoms with Crippen LogP contribution in [0.1, 0.15) is 19.8 Å². The third-order valence-corrected chi connectivity index (χ3v) is 4.22. The number of hydrogen-bond donors (Lipinski definition) is 1. The van der Waals surface area contributed by atoms with Gasteiger partial charge in [0.15, 0.2) is 0 Å². The van der Waals surface area contributed by atoms with Gasteiger partial charge in [0.05, 0.1) is 6.20 Å². The van der Waals surface area contributed by atoms with E-state index in [1.807, 2.05) is 4.68 Å². The number of urea groups is 1. The number of hydrogen-bond acceptors (Lipinski definition) is 3. The molecule has 3 amide bonds. The Morgan fingerprint density at radius 2 is 2.19 bits per heavy atom. The monoisotopic (exact) mass is 291 g/mol. The summed E-state index contributed by atoms with van der Waals surface area (Å²) in [6, 6.07) is 1.13. The number of piperazine rings is 1. The molecule has 0 spiro atoms. The van der Waals surface area contributed by atoms with Gasteiger partial charge < -0.3 is 9.80 Å². The van der Waals surface area contributed by atoms with E-state index in [-0.39, 0.29) is 11.9 Å². The van der Waals surface area contributed by atoms with E-state index in [9.17, 15) is 9.59 Å².